The molecule has 13 nitrogen and oxygen atoms in total. The van der Waals surface area contributed by atoms with E-state index in [0.29, 0.717) is 16.9 Å². The number of halogens is 2. The summed E-state index contributed by atoms with van der Waals surface area (Å²) in [7, 11) is 1.29. The fourth-order valence-corrected chi connectivity index (χ4v) is 4.68. The number of carbonyl (C=O) groups is 4. The van der Waals surface area contributed by atoms with E-state index in [1.807, 2.05) is 0 Å². The van der Waals surface area contributed by atoms with Crippen LogP contribution in [-0.4, -0.2) is 65.9 Å². The van der Waals surface area contributed by atoms with Crippen molar-refractivity contribution in [2.75, 3.05) is 17.7 Å². The van der Waals surface area contributed by atoms with Gasteiger partial charge in [-0.25, -0.2) is 9.59 Å². The van der Waals surface area contributed by atoms with Crippen LogP contribution in [0.25, 0.3) is 0 Å². The molecule has 0 unspecified atom stereocenters. The molecule has 16 heteroatoms. The van der Waals surface area contributed by atoms with Crippen LogP contribution in [0.1, 0.15) is 96.8 Å². The second-order valence-electron chi connectivity index (χ2n) is 13.1. The first-order chi connectivity index (χ1) is 25.9. The SMILES string of the molecule is CC(C)Oc1cc(C(=O)Nc2ccc(C(=O)O)cc2)cc(OC(C)C)c1F.COC(=O)c1ccc(NC(=O)c2cc(OC(C)C)c(F)c(OC(C)C)c2)cc1.[Li+].[OH-]. The Kier molecular flexibility index (Phi) is 19.8. The standard InChI is InChI=1S/C21H24FNO5.C20H22FNO5.Li.H2O/c1-12(2)27-17-10-15(11-18(19(17)22)28-13(3)4)20(24)23-16-8-6-14(7-9-16)21(25)26-5;1-11(2)26-16-9-14(10-17(18(16)21)27-12(3)4)19(23)22-15-7-5-13(6-8-15)20(24)25;;/h6-13H,1-5H3,(H,23,24);5-12H,1-4H3,(H,22,23)(H,24,25);;1H2/q;;+1;/p-1. The van der Waals surface area contributed by atoms with Crippen LogP contribution in [0.2, 0.25) is 0 Å². The Morgan fingerprint density at radius 2 is 0.807 bits per heavy atom. The first-order valence-corrected chi connectivity index (χ1v) is 17.4. The van der Waals surface area contributed by atoms with Gasteiger partial charge in [-0.2, -0.15) is 8.78 Å². The molecule has 2 amide bonds. The number of ether oxygens (including phenoxy) is 5. The van der Waals surface area contributed by atoms with Crippen molar-refractivity contribution in [3.05, 3.63) is 107 Å². The number of carboxylic acid groups (broad SMARTS) is 1. The molecule has 4 rings (SSSR count). The summed E-state index contributed by atoms with van der Waals surface area (Å²) in [5, 5.41) is 14.3. The second kappa shape index (κ2) is 22.8. The molecule has 302 valence electrons. The van der Waals surface area contributed by atoms with Gasteiger partial charge < -0.3 is 44.9 Å². The average Bonchev–Trinajstić information content (AvgIpc) is 3.11. The normalized spacial score (nSPS) is 10.4. The minimum absolute atomic E-state index is 0. The van der Waals surface area contributed by atoms with Gasteiger partial charge in [-0.05, 0) is 128 Å². The Morgan fingerprint density at radius 3 is 1.05 bits per heavy atom. The number of esters is 1. The topological polar surface area (TPSA) is 189 Å². The van der Waals surface area contributed by atoms with Gasteiger partial charge in [0, 0.05) is 22.5 Å². The minimum atomic E-state index is -1.06. The Balaban J connectivity index is 0.000000551. The smallest absolute Gasteiger partial charge is 0.870 e. The predicted octanol–water partition coefficient (Wildman–Crippen LogP) is 5.62. The summed E-state index contributed by atoms with van der Waals surface area (Å²) in [5.74, 6) is -4.07. The molecule has 0 atom stereocenters. The number of amides is 2. The van der Waals surface area contributed by atoms with Gasteiger partial charge in [0.15, 0.2) is 23.0 Å². The van der Waals surface area contributed by atoms with E-state index in [0.717, 1.165) is 0 Å². The van der Waals surface area contributed by atoms with Crippen molar-refractivity contribution in [3.8, 4) is 23.0 Å². The number of carboxylic acids is 1. The molecule has 0 spiro atoms. The monoisotopic (exact) mass is 788 g/mol. The van der Waals surface area contributed by atoms with Crippen molar-refractivity contribution >= 4 is 35.1 Å². The van der Waals surface area contributed by atoms with Gasteiger partial charge in [0.1, 0.15) is 0 Å². The van der Waals surface area contributed by atoms with E-state index in [1.54, 1.807) is 67.5 Å². The zero-order chi connectivity index (χ0) is 41.0. The summed E-state index contributed by atoms with van der Waals surface area (Å²) in [6.07, 6.45) is -1.11. The van der Waals surface area contributed by atoms with Crippen molar-refractivity contribution in [1.29, 1.82) is 0 Å². The predicted molar refractivity (Wildman–Crippen MR) is 205 cm³/mol. The van der Waals surface area contributed by atoms with Crippen LogP contribution >= 0.6 is 0 Å². The van der Waals surface area contributed by atoms with Gasteiger partial charge in [0.25, 0.3) is 11.8 Å². The van der Waals surface area contributed by atoms with Crippen LogP contribution in [0.4, 0.5) is 20.2 Å². The summed E-state index contributed by atoms with van der Waals surface area (Å²) in [6, 6.07) is 17.2. The number of rotatable bonds is 14. The summed E-state index contributed by atoms with van der Waals surface area (Å²) >= 11 is 0. The third-order valence-electron chi connectivity index (χ3n) is 6.94. The van der Waals surface area contributed by atoms with E-state index < -0.39 is 35.4 Å². The summed E-state index contributed by atoms with van der Waals surface area (Å²) in [4.78, 5) is 47.6. The van der Waals surface area contributed by atoms with Crippen LogP contribution in [0.3, 0.4) is 0 Å². The molecule has 0 saturated carbocycles. The van der Waals surface area contributed by atoms with E-state index in [-0.39, 0.29) is 88.4 Å². The average molecular weight is 789 g/mol. The Hall–Kier alpha value is -5.62. The van der Waals surface area contributed by atoms with Gasteiger partial charge in [0.2, 0.25) is 11.6 Å². The van der Waals surface area contributed by atoms with Crippen molar-refractivity contribution in [2.45, 2.75) is 79.8 Å². The molecule has 0 heterocycles. The Bertz CT molecular complexity index is 1910. The molecule has 4 N–H and O–H groups in total. The van der Waals surface area contributed by atoms with Crippen molar-refractivity contribution in [3.63, 3.8) is 0 Å². The maximum absolute atomic E-state index is 14.6. The van der Waals surface area contributed by atoms with Crippen molar-refractivity contribution < 1.29 is 81.1 Å². The number of nitrogens with one attached hydrogen (secondary N) is 2. The maximum Gasteiger partial charge on any atom is 1.00 e. The zero-order valence-corrected chi connectivity index (χ0v) is 33.6. The van der Waals surface area contributed by atoms with Crippen LogP contribution < -0.4 is 48.4 Å². The number of anilines is 2. The largest absolute Gasteiger partial charge is 1.00 e. The first-order valence-electron chi connectivity index (χ1n) is 17.4. The van der Waals surface area contributed by atoms with Gasteiger partial charge in [0.05, 0.1) is 42.7 Å². The Morgan fingerprint density at radius 1 is 0.526 bits per heavy atom. The molecule has 4 aromatic rings. The maximum atomic E-state index is 14.6. The number of aromatic carboxylic acids is 1. The number of hydrogen-bond acceptors (Lipinski definition) is 10. The third kappa shape index (κ3) is 15.1. The molecule has 57 heavy (non-hydrogen) atoms. The van der Waals surface area contributed by atoms with Crippen LogP contribution in [0.5, 0.6) is 23.0 Å². The number of carbonyl (C=O) groups excluding carboxylic acids is 3. The molecule has 0 saturated heterocycles. The molecule has 0 aliphatic carbocycles. The van der Waals surface area contributed by atoms with Crippen LogP contribution in [-0.2, 0) is 4.74 Å². The molecule has 0 aliphatic heterocycles. The zero-order valence-electron chi connectivity index (χ0n) is 33.6. The summed E-state index contributed by atoms with van der Waals surface area (Å²) in [6.45, 7) is 14.0. The fourth-order valence-electron chi connectivity index (χ4n) is 4.68. The first kappa shape index (κ1) is 49.4. The Labute approximate surface area is 342 Å². The van der Waals surface area contributed by atoms with Crippen molar-refractivity contribution in [1.82, 2.24) is 0 Å². The van der Waals surface area contributed by atoms with E-state index in [2.05, 4.69) is 15.4 Å². The fraction of sp³-hybridized carbons (Fsp3) is 0.317. The molecule has 0 aromatic heterocycles. The number of benzene rings is 4. The molecule has 0 bridgehead atoms. The van der Waals surface area contributed by atoms with Crippen molar-refractivity contribution in [2.24, 2.45) is 0 Å². The minimum Gasteiger partial charge on any atom is -0.870 e. The second-order valence-corrected chi connectivity index (χ2v) is 13.1. The van der Waals surface area contributed by atoms with E-state index in [9.17, 15) is 28.0 Å². The van der Waals surface area contributed by atoms with Crippen LogP contribution in [0, 0.1) is 11.6 Å². The number of hydrogen-bond donors (Lipinski definition) is 3. The number of methoxy groups -OCH3 is 1. The van der Waals surface area contributed by atoms with Gasteiger partial charge in [-0.15, -0.1) is 0 Å². The summed E-state index contributed by atoms with van der Waals surface area (Å²) in [5.41, 5.74) is 1.69. The van der Waals surface area contributed by atoms with E-state index in [4.69, 9.17) is 24.1 Å². The van der Waals surface area contributed by atoms with Gasteiger partial charge in [-0.1, -0.05) is 0 Å². The molecule has 0 aliphatic rings. The molecule has 0 radical (unpaired) electrons. The molecule has 0 fully saturated rings. The van der Waals surface area contributed by atoms with E-state index in [1.165, 1.54) is 67.8 Å². The van der Waals surface area contributed by atoms with Crippen LogP contribution in [0.15, 0.2) is 72.8 Å². The third-order valence-corrected chi connectivity index (χ3v) is 6.94. The van der Waals surface area contributed by atoms with Gasteiger partial charge >= 0.3 is 30.8 Å². The van der Waals surface area contributed by atoms with Gasteiger partial charge in [-0.3, -0.25) is 9.59 Å². The quantitative estimate of drug-likeness (QED) is 0.106. The molecular formula is C41H47F2LiN2O11. The molecule has 4 aromatic carbocycles. The summed E-state index contributed by atoms with van der Waals surface area (Å²) < 4.78 is 55.6. The van der Waals surface area contributed by atoms with E-state index >= 15 is 0 Å². The molecular weight excluding hydrogens is 741 g/mol.